The summed E-state index contributed by atoms with van der Waals surface area (Å²) in [7, 11) is 0. The number of nitrogens with one attached hydrogen (secondary N) is 1. The van der Waals surface area contributed by atoms with Crippen molar-refractivity contribution in [2.45, 2.75) is 63.5 Å². The van der Waals surface area contributed by atoms with E-state index in [1.807, 2.05) is 6.92 Å². The minimum Gasteiger partial charge on any atom is -0.390 e. The lowest BCUT2D eigenvalue weighted by Gasteiger charge is -2.58. The van der Waals surface area contributed by atoms with Crippen molar-refractivity contribution >= 4 is 0 Å². The van der Waals surface area contributed by atoms with Gasteiger partial charge in [0.2, 0.25) is 0 Å². The van der Waals surface area contributed by atoms with Crippen LogP contribution in [0, 0.1) is 5.41 Å². The SMILES string of the molecule is CCOC1CC(NCC(F)(F)CO)C12CCCCC2. The lowest BCUT2D eigenvalue weighted by atomic mass is 9.55. The van der Waals surface area contributed by atoms with Gasteiger partial charge in [0, 0.05) is 18.1 Å². The highest BCUT2D eigenvalue weighted by molar-refractivity contribution is 5.09. The molecular formula is C14H25F2NO2. The molecule has 1 spiro atoms. The molecular weight excluding hydrogens is 252 g/mol. The van der Waals surface area contributed by atoms with E-state index in [1.165, 1.54) is 6.42 Å². The maximum Gasteiger partial charge on any atom is 0.282 e. The molecule has 0 aromatic rings. The average molecular weight is 277 g/mol. The molecule has 0 aromatic carbocycles. The monoisotopic (exact) mass is 277 g/mol. The van der Waals surface area contributed by atoms with Crippen molar-refractivity contribution in [3.63, 3.8) is 0 Å². The molecule has 0 radical (unpaired) electrons. The predicted molar refractivity (Wildman–Crippen MR) is 69.4 cm³/mol. The van der Waals surface area contributed by atoms with Crippen molar-refractivity contribution in [3.05, 3.63) is 0 Å². The molecule has 2 aliphatic carbocycles. The first-order valence-corrected chi connectivity index (χ1v) is 7.38. The third-order valence-electron chi connectivity index (χ3n) is 4.78. The number of aliphatic hydroxyl groups is 1. The largest absolute Gasteiger partial charge is 0.390 e. The van der Waals surface area contributed by atoms with Crippen molar-refractivity contribution in [3.8, 4) is 0 Å². The molecule has 0 aliphatic heterocycles. The van der Waals surface area contributed by atoms with Crippen molar-refractivity contribution in [2.24, 2.45) is 5.41 Å². The molecule has 2 atom stereocenters. The zero-order chi connectivity index (χ0) is 13.9. The van der Waals surface area contributed by atoms with E-state index in [1.54, 1.807) is 0 Å². The van der Waals surface area contributed by atoms with E-state index >= 15 is 0 Å². The van der Waals surface area contributed by atoms with E-state index in [0.717, 1.165) is 32.1 Å². The quantitative estimate of drug-likeness (QED) is 0.783. The van der Waals surface area contributed by atoms with Gasteiger partial charge in [-0.1, -0.05) is 19.3 Å². The van der Waals surface area contributed by atoms with Crippen LogP contribution < -0.4 is 5.32 Å². The number of ether oxygens (including phenoxy) is 1. The molecule has 5 heteroatoms. The van der Waals surface area contributed by atoms with Crippen LogP contribution in [-0.4, -0.2) is 42.9 Å². The Morgan fingerprint density at radius 1 is 1.32 bits per heavy atom. The molecule has 2 aliphatic rings. The first-order chi connectivity index (χ1) is 9.04. The molecule has 0 saturated heterocycles. The van der Waals surface area contributed by atoms with E-state index in [2.05, 4.69) is 5.32 Å². The first kappa shape index (κ1) is 15.1. The van der Waals surface area contributed by atoms with E-state index in [9.17, 15) is 8.78 Å². The highest BCUT2D eigenvalue weighted by atomic mass is 19.3. The number of halogens is 2. The van der Waals surface area contributed by atoms with E-state index in [-0.39, 0.29) is 17.6 Å². The maximum atomic E-state index is 13.1. The zero-order valence-corrected chi connectivity index (χ0v) is 11.6. The molecule has 19 heavy (non-hydrogen) atoms. The van der Waals surface area contributed by atoms with Crippen molar-refractivity contribution in [2.75, 3.05) is 19.8 Å². The van der Waals surface area contributed by atoms with Crippen LogP contribution in [0.4, 0.5) is 8.78 Å². The summed E-state index contributed by atoms with van der Waals surface area (Å²) < 4.78 is 32.0. The van der Waals surface area contributed by atoms with Gasteiger partial charge >= 0.3 is 0 Å². The molecule has 2 saturated carbocycles. The number of aliphatic hydroxyl groups excluding tert-OH is 1. The maximum absolute atomic E-state index is 13.1. The third kappa shape index (κ3) is 3.09. The summed E-state index contributed by atoms with van der Waals surface area (Å²) in [5.74, 6) is -3.02. The van der Waals surface area contributed by atoms with Gasteiger partial charge in [0.15, 0.2) is 0 Å². The van der Waals surface area contributed by atoms with Crippen LogP contribution in [0.1, 0.15) is 45.4 Å². The molecule has 0 heterocycles. The Labute approximate surface area is 113 Å². The number of rotatable bonds is 6. The van der Waals surface area contributed by atoms with Crippen molar-refractivity contribution < 1.29 is 18.6 Å². The van der Waals surface area contributed by atoms with Crippen LogP contribution >= 0.6 is 0 Å². The second-order valence-electron chi connectivity index (χ2n) is 5.92. The zero-order valence-electron chi connectivity index (χ0n) is 11.6. The highest BCUT2D eigenvalue weighted by Crippen LogP contribution is 2.53. The van der Waals surface area contributed by atoms with Crippen molar-refractivity contribution in [1.82, 2.24) is 5.32 Å². The summed E-state index contributed by atoms with van der Waals surface area (Å²) in [5.41, 5.74) is 0.0554. The topological polar surface area (TPSA) is 41.5 Å². The summed E-state index contributed by atoms with van der Waals surface area (Å²) >= 11 is 0. The van der Waals surface area contributed by atoms with Gasteiger partial charge in [0.05, 0.1) is 12.6 Å². The van der Waals surface area contributed by atoms with E-state index < -0.39 is 19.1 Å². The lowest BCUT2D eigenvalue weighted by molar-refractivity contribution is -0.156. The smallest absolute Gasteiger partial charge is 0.282 e. The Morgan fingerprint density at radius 2 is 2.00 bits per heavy atom. The number of hydrogen-bond donors (Lipinski definition) is 2. The molecule has 2 N–H and O–H groups in total. The van der Waals surface area contributed by atoms with Crippen LogP contribution in [0.3, 0.4) is 0 Å². The van der Waals surface area contributed by atoms with Gasteiger partial charge in [-0.05, 0) is 26.2 Å². The van der Waals surface area contributed by atoms with E-state index in [0.29, 0.717) is 6.61 Å². The van der Waals surface area contributed by atoms with Gasteiger partial charge in [0.1, 0.15) is 6.61 Å². The van der Waals surface area contributed by atoms with Gasteiger partial charge in [-0.3, -0.25) is 0 Å². The summed E-state index contributed by atoms with van der Waals surface area (Å²) in [5, 5.41) is 11.6. The fraction of sp³-hybridized carbons (Fsp3) is 1.00. The summed E-state index contributed by atoms with van der Waals surface area (Å²) in [6, 6.07) is 0.113. The Bertz CT molecular complexity index is 293. The summed E-state index contributed by atoms with van der Waals surface area (Å²) in [6.45, 7) is 1.15. The Kier molecular flexibility index (Phi) is 4.79. The fourth-order valence-electron chi connectivity index (χ4n) is 3.68. The van der Waals surface area contributed by atoms with Crippen molar-refractivity contribution in [1.29, 1.82) is 0 Å². The predicted octanol–water partition coefficient (Wildman–Crippen LogP) is 2.33. The highest BCUT2D eigenvalue weighted by Gasteiger charge is 2.55. The normalized spacial score (nSPS) is 30.3. The molecule has 112 valence electrons. The van der Waals surface area contributed by atoms with Crippen LogP contribution in [0.2, 0.25) is 0 Å². The fourth-order valence-corrected chi connectivity index (χ4v) is 3.68. The average Bonchev–Trinajstić information content (AvgIpc) is 2.43. The standard InChI is InChI=1S/C14H25F2NO2/c1-2-19-12-8-11(17-9-14(15,16)10-18)13(12)6-4-3-5-7-13/h11-12,17-18H,2-10H2,1H3. The Morgan fingerprint density at radius 3 is 2.58 bits per heavy atom. The van der Waals surface area contributed by atoms with E-state index in [4.69, 9.17) is 9.84 Å². The Hall–Kier alpha value is -0.260. The molecule has 0 amide bonds. The van der Waals surface area contributed by atoms with Gasteiger partial charge < -0.3 is 15.2 Å². The second-order valence-corrected chi connectivity index (χ2v) is 5.92. The third-order valence-corrected chi connectivity index (χ3v) is 4.78. The van der Waals surface area contributed by atoms with Gasteiger partial charge in [-0.15, -0.1) is 0 Å². The van der Waals surface area contributed by atoms with Gasteiger partial charge in [0.25, 0.3) is 5.92 Å². The minimum absolute atomic E-state index is 0.0554. The van der Waals surface area contributed by atoms with Crippen LogP contribution in [0.25, 0.3) is 0 Å². The summed E-state index contributed by atoms with van der Waals surface area (Å²) in [6.07, 6.45) is 6.74. The number of hydrogen-bond acceptors (Lipinski definition) is 3. The van der Waals surface area contributed by atoms with Gasteiger partial charge in [-0.25, -0.2) is 8.78 Å². The van der Waals surface area contributed by atoms with Crippen LogP contribution in [0.5, 0.6) is 0 Å². The summed E-state index contributed by atoms with van der Waals surface area (Å²) in [4.78, 5) is 0. The molecule has 2 fully saturated rings. The van der Waals surface area contributed by atoms with Gasteiger partial charge in [-0.2, -0.15) is 0 Å². The molecule has 2 rings (SSSR count). The molecule has 0 aromatic heterocycles. The molecule has 2 unspecified atom stereocenters. The second kappa shape index (κ2) is 6.02. The molecule has 3 nitrogen and oxygen atoms in total. The van der Waals surface area contributed by atoms with Crippen LogP contribution in [-0.2, 0) is 4.74 Å². The Balaban J connectivity index is 1.93. The minimum atomic E-state index is -3.02. The first-order valence-electron chi connectivity index (χ1n) is 7.38. The molecule has 0 bridgehead atoms. The number of alkyl halides is 2. The van der Waals surface area contributed by atoms with Crippen LogP contribution in [0.15, 0.2) is 0 Å². The lowest BCUT2D eigenvalue weighted by Crippen LogP contribution is -2.65.